The maximum absolute atomic E-state index is 10.5. The first-order valence-corrected chi connectivity index (χ1v) is 7.79. The molecule has 0 unspecified atom stereocenters. The highest BCUT2D eigenvalue weighted by Crippen LogP contribution is 2.24. The Morgan fingerprint density at radius 3 is 2.68 bits per heavy atom. The molecule has 0 aliphatic heterocycles. The normalized spacial score (nSPS) is 11.0. The van der Waals surface area contributed by atoms with Crippen LogP contribution in [0.1, 0.15) is 5.56 Å². The first-order chi connectivity index (χ1) is 10.5. The van der Waals surface area contributed by atoms with Crippen molar-refractivity contribution in [3.05, 3.63) is 35.2 Å². The number of nitrogens with one attached hydrogen (secondary N) is 1. The molecule has 5 nitrogen and oxygen atoms in total. The Morgan fingerprint density at radius 1 is 1.32 bits per heavy atom. The summed E-state index contributed by atoms with van der Waals surface area (Å²) in [6, 6.07) is 9.48. The smallest absolute Gasteiger partial charge is 0.258 e. The monoisotopic (exact) mass is 314 g/mol. The van der Waals surface area contributed by atoms with Crippen molar-refractivity contribution >= 4 is 22.8 Å². The zero-order valence-corrected chi connectivity index (χ0v) is 13.5. The second kappa shape index (κ2) is 7.16. The summed E-state index contributed by atoms with van der Waals surface area (Å²) in [5.41, 5.74) is 2.53. The molecule has 0 saturated carbocycles. The standard InChI is InChI=1S/C16H18N4OS/c1-20(2,9-10-21)8-7-18-16-19-15(12-22-16)14-5-3-13(11-17)4-6-14/h3-6,12H,7-9H2,1-2H3,(H,18,19)/q+1. The molecule has 2 aromatic rings. The van der Waals surface area contributed by atoms with E-state index in [4.69, 9.17) is 5.26 Å². The van der Waals surface area contributed by atoms with Gasteiger partial charge in [-0.3, -0.25) is 4.79 Å². The molecule has 0 fully saturated rings. The first kappa shape index (κ1) is 16.1. The lowest BCUT2D eigenvalue weighted by Crippen LogP contribution is -2.44. The lowest BCUT2D eigenvalue weighted by atomic mass is 10.1. The molecule has 0 aliphatic carbocycles. The van der Waals surface area contributed by atoms with Gasteiger partial charge in [0.15, 0.2) is 5.13 Å². The van der Waals surface area contributed by atoms with Crippen LogP contribution in [0.4, 0.5) is 5.13 Å². The van der Waals surface area contributed by atoms with E-state index < -0.39 is 0 Å². The zero-order chi connectivity index (χ0) is 16.0. The predicted octanol–water partition coefficient (Wildman–Crippen LogP) is 2.28. The maximum Gasteiger partial charge on any atom is 0.258 e. The molecule has 1 heterocycles. The zero-order valence-electron chi connectivity index (χ0n) is 12.7. The van der Waals surface area contributed by atoms with Crippen LogP contribution in [-0.4, -0.2) is 49.5 Å². The first-order valence-electron chi connectivity index (χ1n) is 6.91. The Hall–Kier alpha value is -2.23. The van der Waals surface area contributed by atoms with Crippen LogP contribution in [0.25, 0.3) is 11.3 Å². The number of thiazole rings is 1. The summed E-state index contributed by atoms with van der Waals surface area (Å²) < 4.78 is 0.602. The van der Waals surface area contributed by atoms with E-state index in [0.29, 0.717) is 16.6 Å². The fourth-order valence-electron chi connectivity index (χ4n) is 1.92. The summed E-state index contributed by atoms with van der Waals surface area (Å²) in [7, 11) is 3.99. The molecule has 0 bridgehead atoms. The van der Waals surface area contributed by atoms with E-state index in [9.17, 15) is 4.79 Å². The van der Waals surface area contributed by atoms with Crippen LogP contribution < -0.4 is 5.32 Å². The van der Waals surface area contributed by atoms with Gasteiger partial charge in [-0.15, -0.1) is 11.3 Å². The molecule has 0 atom stereocenters. The minimum Gasteiger partial charge on any atom is -0.356 e. The third-order valence-corrected chi connectivity index (χ3v) is 4.10. The number of hydrogen-bond acceptors (Lipinski definition) is 5. The highest BCUT2D eigenvalue weighted by Gasteiger charge is 2.14. The topological polar surface area (TPSA) is 65.8 Å². The van der Waals surface area contributed by atoms with Crippen molar-refractivity contribution in [2.75, 3.05) is 39.0 Å². The van der Waals surface area contributed by atoms with E-state index in [1.807, 2.05) is 37.9 Å². The molecule has 1 aromatic carbocycles. The van der Waals surface area contributed by atoms with Crippen LogP contribution in [0.3, 0.4) is 0 Å². The van der Waals surface area contributed by atoms with Crippen molar-refractivity contribution in [3.8, 4) is 17.3 Å². The number of quaternary nitrogens is 1. The van der Waals surface area contributed by atoms with E-state index in [2.05, 4.69) is 16.4 Å². The molecule has 0 spiro atoms. The molecular formula is C16H18N4OS+. The largest absolute Gasteiger partial charge is 0.356 e. The van der Waals surface area contributed by atoms with Gasteiger partial charge in [0.25, 0.3) is 6.29 Å². The number of nitriles is 1. The minimum atomic E-state index is 0.385. The second-order valence-electron chi connectivity index (χ2n) is 5.62. The maximum atomic E-state index is 10.5. The van der Waals surface area contributed by atoms with E-state index >= 15 is 0 Å². The molecule has 2 rings (SSSR count). The Bertz CT molecular complexity index is 670. The van der Waals surface area contributed by atoms with Crippen molar-refractivity contribution in [3.63, 3.8) is 0 Å². The molecule has 1 radical (unpaired) electrons. The molecule has 0 aliphatic rings. The number of rotatable bonds is 7. The number of benzene rings is 1. The summed E-state index contributed by atoms with van der Waals surface area (Å²) in [5, 5.41) is 14.9. The fraction of sp³-hybridized carbons (Fsp3) is 0.312. The van der Waals surface area contributed by atoms with Crippen molar-refractivity contribution in [1.29, 1.82) is 5.26 Å². The van der Waals surface area contributed by atoms with Crippen molar-refractivity contribution in [1.82, 2.24) is 4.98 Å². The predicted molar refractivity (Wildman–Crippen MR) is 88.3 cm³/mol. The van der Waals surface area contributed by atoms with E-state index in [1.165, 1.54) is 0 Å². The van der Waals surface area contributed by atoms with Gasteiger partial charge in [-0.25, -0.2) is 4.98 Å². The van der Waals surface area contributed by atoms with E-state index in [0.717, 1.165) is 29.5 Å². The van der Waals surface area contributed by atoms with Crippen molar-refractivity contribution < 1.29 is 9.28 Å². The highest BCUT2D eigenvalue weighted by molar-refractivity contribution is 7.14. The number of likely N-dealkylation sites (N-methyl/N-ethyl adjacent to an activating group) is 1. The van der Waals surface area contributed by atoms with Gasteiger partial charge in [-0.1, -0.05) is 12.1 Å². The lowest BCUT2D eigenvalue weighted by Gasteiger charge is -2.26. The molecule has 113 valence electrons. The van der Waals surface area contributed by atoms with Crippen molar-refractivity contribution in [2.45, 2.75) is 0 Å². The molecular weight excluding hydrogens is 296 g/mol. The second-order valence-corrected chi connectivity index (χ2v) is 6.47. The van der Waals surface area contributed by atoms with Gasteiger partial charge in [0.1, 0.15) is 6.54 Å². The van der Waals surface area contributed by atoms with Crippen LogP contribution in [0.15, 0.2) is 29.6 Å². The van der Waals surface area contributed by atoms with Gasteiger partial charge in [0, 0.05) is 10.9 Å². The number of anilines is 1. The third-order valence-electron chi connectivity index (χ3n) is 3.30. The number of hydrogen-bond donors (Lipinski definition) is 1. The van der Waals surface area contributed by atoms with Crippen LogP contribution in [0.5, 0.6) is 0 Å². The van der Waals surface area contributed by atoms with Gasteiger partial charge in [0.2, 0.25) is 0 Å². The lowest BCUT2D eigenvalue weighted by molar-refractivity contribution is -0.879. The van der Waals surface area contributed by atoms with E-state index in [1.54, 1.807) is 23.5 Å². The van der Waals surface area contributed by atoms with Gasteiger partial charge in [0.05, 0.1) is 44.5 Å². The molecule has 6 heteroatoms. The van der Waals surface area contributed by atoms with Crippen molar-refractivity contribution in [2.24, 2.45) is 0 Å². The van der Waals surface area contributed by atoms with Crippen LogP contribution >= 0.6 is 11.3 Å². The van der Waals surface area contributed by atoms with Crippen LogP contribution in [0, 0.1) is 11.3 Å². The number of carbonyl (C=O) groups excluding carboxylic acids is 1. The number of nitrogens with zero attached hydrogens (tertiary/aromatic N) is 3. The Morgan fingerprint density at radius 2 is 2.05 bits per heavy atom. The Labute approximate surface area is 134 Å². The Kier molecular flexibility index (Phi) is 5.26. The molecule has 1 N–H and O–H groups in total. The fourth-order valence-corrected chi connectivity index (χ4v) is 2.67. The van der Waals surface area contributed by atoms with Gasteiger partial charge >= 0.3 is 0 Å². The third kappa shape index (κ3) is 4.38. The quantitative estimate of drug-likeness (QED) is 0.796. The molecule has 0 amide bonds. The summed E-state index contributed by atoms with van der Waals surface area (Å²) in [6.07, 6.45) is 1.95. The van der Waals surface area contributed by atoms with Crippen LogP contribution in [0.2, 0.25) is 0 Å². The molecule has 1 aromatic heterocycles. The van der Waals surface area contributed by atoms with Gasteiger partial charge in [-0.2, -0.15) is 5.26 Å². The average Bonchev–Trinajstić information content (AvgIpc) is 2.96. The summed E-state index contributed by atoms with van der Waals surface area (Å²) >= 11 is 1.55. The minimum absolute atomic E-state index is 0.385. The average molecular weight is 314 g/mol. The summed E-state index contributed by atoms with van der Waals surface area (Å²) in [5.74, 6) is 0. The Balaban J connectivity index is 1.94. The summed E-state index contributed by atoms with van der Waals surface area (Å²) in [6.45, 7) is 1.95. The SMILES string of the molecule is C[N+](C)(C[C]=O)CCNc1nc(-c2ccc(C#N)cc2)cs1. The molecule has 0 saturated heterocycles. The molecule has 22 heavy (non-hydrogen) atoms. The highest BCUT2D eigenvalue weighted by atomic mass is 32.1. The van der Waals surface area contributed by atoms with Crippen LogP contribution in [-0.2, 0) is 4.79 Å². The number of aromatic nitrogens is 1. The van der Waals surface area contributed by atoms with Gasteiger partial charge < -0.3 is 9.80 Å². The summed E-state index contributed by atoms with van der Waals surface area (Å²) in [4.78, 5) is 15.0. The van der Waals surface area contributed by atoms with Gasteiger partial charge in [-0.05, 0) is 12.1 Å². The van der Waals surface area contributed by atoms with E-state index in [-0.39, 0.29) is 0 Å².